The van der Waals surface area contributed by atoms with Gasteiger partial charge in [-0.3, -0.25) is 4.90 Å². The van der Waals surface area contributed by atoms with Crippen LogP contribution in [0.4, 0.5) is 5.69 Å². The highest BCUT2D eigenvalue weighted by Crippen LogP contribution is 2.43. The van der Waals surface area contributed by atoms with Gasteiger partial charge in [0, 0.05) is 55.5 Å². The topological polar surface area (TPSA) is 22.3 Å². The van der Waals surface area contributed by atoms with Crippen LogP contribution in [0.25, 0.3) is 27.6 Å². The van der Waals surface area contributed by atoms with E-state index in [2.05, 4.69) is 114 Å². The van der Waals surface area contributed by atoms with Crippen molar-refractivity contribution < 1.29 is 0 Å². The van der Waals surface area contributed by atoms with E-state index < -0.39 is 0 Å². The molecular formula is C33H37N3. The molecule has 184 valence electrons. The number of aromatic amines is 1. The molecule has 3 heteroatoms. The second kappa shape index (κ2) is 9.63. The third-order valence-corrected chi connectivity index (χ3v) is 8.23. The van der Waals surface area contributed by atoms with E-state index >= 15 is 0 Å². The molecule has 0 saturated carbocycles. The van der Waals surface area contributed by atoms with Crippen molar-refractivity contribution in [1.29, 1.82) is 0 Å². The summed E-state index contributed by atoms with van der Waals surface area (Å²) in [5.74, 6) is 0. The van der Waals surface area contributed by atoms with E-state index in [-0.39, 0.29) is 0 Å². The van der Waals surface area contributed by atoms with Gasteiger partial charge in [0.15, 0.2) is 0 Å². The molecule has 1 aliphatic carbocycles. The first-order chi connectivity index (χ1) is 17.6. The maximum atomic E-state index is 3.36. The molecule has 3 nitrogen and oxygen atoms in total. The molecule has 4 aromatic rings. The number of fused-ring (bicyclic) bond motifs is 1. The summed E-state index contributed by atoms with van der Waals surface area (Å²) in [5, 5.41) is 1.34. The lowest BCUT2D eigenvalue weighted by Crippen LogP contribution is -2.47. The summed E-state index contributed by atoms with van der Waals surface area (Å²) in [5.41, 5.74) is 10.2. The van der Waals surface area contributed by atoms with E-state index in [0.29, 0.717) is 5.41 Å². The predicted molar refractivity (Wildman–Crippen MR) is 153 cm³/mol. The zero-order valence-electron chi connectivity index (χ0n) is 21.6. The quantitative estimate of drug-likeness (QED) is 0.321. The summed E-state index contributed by atoms with van der Waals surface area (Å²) < 4.78 is 0. The van der Waals surface area contributed by atoms with Crippen molar-refractivity contribution in [3.63, 3.8) is 0 Å². The Labute approximate surface area is 215 Å². The molecule has 36 heavy (non-hydrogen) atoms. The highest BCUT2D eigenvalue weighted by atomic mass is 15.3. The fourth-order valence-electron chi connectivity index (χ4n) is 6.07. The standard InChI is InChI=1S/C33H37N3/c1-33(2)17-15-28(30(23-33)27-13-11-26(12-14-27)25-7-4-3-5-8-25)24-35-19-21-36(22-20-35)32-10-6-9-31-29(32)16-18-34-31/h3-14,16,18,34H,15,17,19-24H2,1-2H3. The van der Waals surface area contributed by atoms with Gasteiger partial charge in [-0.2, -0.15) is 0 Å². The van der Waals surface area contributed by atoms with E-state index in [1.165, 1.54) is 52.5 Å². The summed E-state index contributed by atoms with van der Waals surface area (Å²) >= 11 is 0. The van der Waals surface area contributed by atoms with Gasteiger partial charge in [0.1, 0.15) is 0 Å². The van der Waals surface area contributed by atoms with Gasteiger partial charge in [-0.05, 0) is 65.1 Å². The molecule has 1 saturated heterocycles. The summed E-state index contributed by atoms with van der Waals surface area (Å²) in [4.78, 5) is 8.60. The Morgan fingerprint density at radius 2 is 1.47 bits per heavy atom. The molecule has 1 aliphatic heterocycles. The van der Waals surface area contributed by atoms with Crippen molar-refractivity contribution in [1.82, 2.24) is 9.88 Å². The minimum atomic E-state index is 0.366. The van der Waals surface area contributed by atoms with E-state index in [1.54, 1.807) is 11.1 Å². The van der Waals surface area contributed by atoms with Crippen LogP contribution >= 0.6 is 0 Å². The highest BCUT2D eigenvalue weighted by Gasteiger charge is 2.29. The average Bonchev–Trinajstić information content (AvgIpc) is 3.40. The van der Waals surface area contributed by atoms with E-state index in [0.717, 1.165) is 32.7 Å². The van der Waals surface area contributed by atoms with Crippen LogP contribution < -0.4 is 4.90 Å². The average molecular weight is 476 g/mol. The largest absolute Gasteiger partial charge is 0.368 e. The molecule has 1 fully saturated rings. The van der Waals surface area contributed by atoms with E-state index in [4.69, 9.17) is 0 Å². The van der Waals surface area contributed by atoms with Crippen LogP contribution in [-0.2, 0) is 0 Å². The number of aromatic nitrogens is 1. The minimum absolute atomic E-state index is 0.366. The van der Waals surface area contributed by atoms with Gasteiger partial charge >= 0.3 is 0 Å². The number of allylic oxidation sites excluding steroid dienone is 1. The Balaban J connectivity index is 1.20. The monoisotopic (exact) mass is 475 g/mol. The number of piperazine rings is 1. The van der Waals surface area contributed by atoms with Crippen LogP contribution in [0.1, 0.15) is 38.7 Å². The minimum Gasteiger partial charge on any atom is -0.368 e. The first-order valence-corrected chi connectivity index (χ1v) is 13.5. The summed E-state index contributed by atoms with van der Waals surface area (Å²) in [7, 11) is 0. The number of hydrogen-bond donors (Lipinski definition) is 1. The SMILES string of the molecule is CC1(C)CCC(CN2CCN(c3cccc4[nH]ccc34)CC2)=C(c2ccc(-c3ccccc3)cc2)C1. The van der Waals surface area contributed by atoms with Gasteiger partial charge in [0.25, 0.3) is 0 Å². The van der Waals surface area contributed by atoms with Gasteiger partial charge in [-0.15, -0.1) is 0 Å². The molecule has 1 N–H and O–H groups in total. The molecular weight excluding hydrogens is 438 g/mol. The second-order valence-electron chi connectivity index (χ2n) is 11.3. The smallest absolute Gasteiger partial charge is 0.0474 e. The fraction of sp³-hybridized carbons (Fsp3) is 0.333. The number of hydrogen-bond acceptors (Lipinski definition) is 2. The zero-order chi connectivity index (χ0) is 24.5. The number of nitrogens with one attached hydrogen (secondary N) is 1. The molecule has 2 heterocycles. The van der Waals surface area contributed by atoms with Crippen molar-refractivity contribution in [3.05, 3.63) is 96.2 Å². The zero-order valence-corrected chi connectivity index (χ0v) is 21.6. The molecule has 3 aromatic carbocycles. The first kappa shape index (κ1) is 23.1. The Hall–Kier alpha value is -3.30. The van der Waals surface area contributed by atoms with E-state index in [1.807, 2.05) is 0 Å². The number of H-pyrrole nitrogens is 1. The van der Waals surface area contributed by atoms with Crippen LogP contribution in [0.15, 0.2) is 90.6 Å². The van der Waals surface area contributed by atoms with Crippen LogP contribution in [0.5, 0.6) is 0 Å². The highest BCUT2D eigenvalue weighted by molar-refractivity contribution is 5.92. The number of anilines is 1. The summed E-state index contributed by atoms with van der Waals surface area (Å²) in [6, 6.07) is 28.8. The Bertz CT molecular complexity index is 1350. The van der Waals surface area contributed by atoms with E-state index in [9.17, 15) is 0 Å². The Kier molecular flexibility index (Phi) is 6.18. The lowest BCUT2D eigenvalue weighted by atomic mass is 9.72. The van der Waals surface area contributed by atoms with Crippen LogP contribution in [0.2, 0.25) is 0 Å². The number of benzene rings is 3. The number of rotatable bonds is 5. The predicted octanol–water partition coefficient (Wildman–Crippen LogP) is 7.62. The molecule has 1 aromatic heterocycles. The summed E-state index contributed by atoms with van der Waals surface area (Å²) in [6.45, 7) is 10.4. The molecule has 0 bridgehead atoms. The fourth-order valence-corrected chi connectivity index (χ4v) is 6.07. The molecule has 2 aliphatic rings. The second-order valence-corrected chi connectivity index (χ2v) is 11.3. The van der Waals surface area contributed by atoms with Crippen molar-refractivity contribution in [2.45, 2.75) is 33.1 Å². The van der Waals surface area contributed by atoms with Gasteiger partial charge in [0.05, 0.1) is 0 Å². The van der Waals surface area contributed by atoms with Crippen LogP contribution in [-0.4, -0.2) is 42.6 Å². The summed E-state index contributed by atoms with van der Waals surface area (Å²) in [6.07, 6.45) is 5.72. The van der Waals surface area contributed by atoms with Crippen LogP contribution in [0.3, 0.4) is 0 Å². The first-order valence-electron chi connectivity index (χ1n) is 13.5. The van der Waals surface area contributed by atoms with Crippen molar-refractivity contribution in [3.8, 4) is 11.1 Å². The molecule has 0 unspecified atom stereocenters. The van der Waals surface area contributed by atoms with Crippen molar-refractivity contribution in [2.24, 2.45) is 5.41 Å². The maximum absolute atomic E-state index is 3.36. The molecule has 0 radical (unpaired) electrons. The molecule has 6 rings (SSSR count). The lowest BCUT2D eigenvalue weighted by molar-refractivity contribution is 0.264. The molecule has 0 spiro atoms. The van der Waals surface area contributed by atoms with Gasteiger partial charge in [0.2, 0.25) is 0 Å². The Morgan fingerprint density at radius 1 is 0.750 bits per heavy atom. The lowest BCUT2D eigenvalue weighted by Gasteiger charge is -2.39. The number of nitrogens with zero attached hydrogens (tertiary/aromatic N) is 2. The van der Waals surface area contributed by atoms with Crippen LogP contribution in [0, 0.1) is 5.41 Å². The maximum Gasteiger partial charge on any atom is 0.0474 e. The van der Waals surface area contributed by atoms with Crippen molar-refractivity contribution >= 4 is 22.2 Å². The van der Waals surface area contributed by atoms with Gasteiger partial charge in [-0.25, -0.2) is 0 Å². The normalized spacial score (nSPS) is 18.7. The van der Waals surface area contributed by atoms with Gasteiger partial charge < -0.3 is 9.88 Å². The van der Waals surface area contributed by atoms with Gasteiger partial charge in [-0.1, -0.05) is 80.1 Å². The molecule has 0 atom stereocenters. The molecule has 0 amide bonds. The third-order valence-electron chi connectivity index (χ3n) is 8.23. The third kappa shape index (κ3) is 4.73. The van der Waals surface area contributed by atoms with Crippen molar-refractivity contribution in [2.75, 3.05) is 37.6 Å². The Morgan fingerprint density at radius 3 is 2.25 bits per heavy atom.